The number of rotatable bonds is 2. The van der Waals surface area contributed by atoms with Crippen LogP contribution in [0, 0.1) is 12.8 Å². The molecule has 4 nitrogen and oxygen atoms in total. The molecule has 4 heteroatoms. The van der Waals surface area contributed by atoms with Crippen LogP contribution >= 0.6 is 0 Å². The van der Waals surface area contributed by atoms with Crippen LogP contribution in [0.1, 0.15) is 18.5 Å². The van der Waals surface area contributed by atoms with E-state index in [1.165, 1.54) is 36.7 Å². The van der Waals surface area contributed by atoms with Crippen molar-refractivity contribution in [1.82, 2.24) is 15.1 Å². The molecule has 1 aromatic carbocycles. The molecule has 1 N–H and O–H groups in total. The SMILES string of the molecule is Cc1nnc(NC2CN3CCC2CC3)c2ccccc12. The largest absolute Gasteiger partial charge is 0.364 e. The van der Waals surface area contributed by atoms with Gasteiger partial charge in [-0.1, -0.05) is 24.3 Å². The number of hydrogen-bond donors (Lipinski definition) is 1. The lowest BCUT2D eigenvalue weighted by Gasteiger charge is -2.45. The molecule has 3 aliphatic rings. The average molecular weight is 268 g/mol. The third-order valence-corrected chi connectivity index (χ3v) is 4.85. The summed E-state index contributed by atoms with van der Waals surface area (Å²) in [6, 6.07) is 8.93. The molecule has 1 atom stereocenters. The highest BCUT2D eigenvalue weighted by Gasteiger charge is 2.34. The Kier molecular flexibility index (Phi) is 2.84. The molecule has 0 saturated carbocycles. The van der Waals surface area contributed by atoms with Gasteiger partial charge in [0.1, 0.15) is 0 Å². The zero-order valence-electron chi connectivity index (χ0n) is 11.8. The molecule has 0 spiro atoms. The summed E-state index contributed by atoms with van der Waals surface area (Å²) in [5.74, 6) is 1.74. The van der Waals surface area contributed by atoms with Crippen molar-refractivity contribution >= 4 is 16.6 Å². The van der Waals surface area contributed by atoms with Gasteiger partial charge in [0, 0.05) is 23.4 Å². The van der Waals surface area contributed by atoms with Crippen LogP contribution in [0.4, 0.5) is 5.82 Å². The zero-order valence-corrected chi connectivity index (χ0v) is 11.8. The van der Waals surface area contributed by atoms with E-state index < -0.39 is 0 Å². The maximum absolute atomic E-state index is 4.40. The van der Waals surface area contributed by atoms with E-state index in [0.29, 0.717) is 6.04 Å². The first-order valence-electron chi connectivity index (χ1n) is 7.52. The van der Waals surface area contributed by atoms with E-state index in [9.17, 15) is 0 Å². The average Bonchev–Trinajstić information content (AvgIpc) is 2.52. The standard InChI is InChI=1S/C16H20N4/c1-11-13-4-2-3-5-14(13)16(19-18-11)17-15-10-20-8-6-12(15)7-9-20/h2-5,12,15H,6-10H2,1H3,(H,17,19). The van der Waals surface area contributed by atoms with Crippen LogP contribution < -0.4 is 5.32 Å². The van der Waals surface area contributed by atoms with Gasteiger partial charge in [-0.05, 0) is 38.8 Å². The van der Waals surface area contributed by atoms with Crippen molar-refractivity contribution in [2.75, 3.05) is 25.0 Å². The monoisotopic (exact) mass is 268 g/mol. The molecule has 3 saturated heterocycles. The van der Waals surface area contributed by atoms with Crippen LogP contribution in [0.15, 0.2) is 24.3 Å². The molecule has 0 aliphatic carbocycles. The third kappa shape index (κ3) is 1.95. The van der Waals surface area contributed by atoms with Crippen molar-refractivity contribution < 1.29 is 0 Å². The molecule has 3 aliphatic heterocycles. The van der Waals surface area contributed by atoms with E-state index in [4.69, 9.17) is 0 Å². The molecule has 0 amide bonds. The lowest BCUT2D eigenvalue weighted by Crippen LogP contribution is -2.53. The summed E-state index contributed by atoms with van der Waals surface area (Å²) in [5, 5.41) is 14.8. The maximum Gasteiger partial charge on any atom is 0.156 e. The maximum atomic E-state index is 4.40. The Hall–Kier alpha value is -1.68. The summed E-state index contributed by atoms with van der Waals surface area (Å²) in [6.07, 6.45) is 2.63. The normalized spacial score (nSPS) is 28.8. The predicted molar refractivity (Wildman–Crippen MR) is 80.8 cm³/mol. The van der Waals surface area contributed by atoms with Gasteiger partial charge < -0.3 is 10.2 Å². The van der Waals surface area contributed by atoms with Gasteiger partial charge in [0.2, 0.25) is 0 Å². The topological polar surface area (TPSA) is 41.1 Å². The molecule has 0 radical (unpaired) electrons. The minimum Gasteiger partial charge on any atom is -0.364 e. The Morgan fingerprint density at radius 2 is 1.85 bits per heavy atom. The van der Waals surface area contributed by atoms with Crippen LogP contribution in [0.2, 0.25) is 0 Å². The number of nitrogens with zero attached hydrogens (tertiary/aromatic N) is 3. The van der Waals surface area contributed by atoms with Gasteiger partial charge in [-0.2, -0.15) is 5.10 Å². The van der Waals surface area contributed by atoms with Gasteiger partial charge in [-0.15, -0.1) is 5.10 Å². The summed E-state index contributed by atoms with van der Waals surface area (Å²) in [6.45, 7) is 5.70. The Bertz CT molecular complexity index is 631. The molecular formula is C16H20N4. The summed E-state index contributed by atoms with van der Waals surface area (Å²) >= 11 is 0. The molecule has 1 unspecified atom stereocenters. The highest BCUT2D eigenvalue weighted by molar-refractivity contribution is 5.92. The Labute approximate surface area is 119 Å². The quantitative estimate of drug-likeness (QED) is 0.908. The van der Waals surface area contributed by atoms with E-state index in [0.717, 1.165) is 24.0 Å². The van der Waals surface area contributed by atoms with Crippen molar-refractivity contribution in [2.45, 2.75) is 25.8 Å². The minimum absolute atomic E-state index is 0.526. The number of nitrogens with one attached hydrogen (secondary N) is 1. The molecule has 2 bridgehead atoms. The Morgan fingerprint density at radius 1 is 1.10 bits per heavy atom. The second-order valence-electron chi connectivity index (χ2n) is 6.07. The molecular weight excluding hydrogens is 248 g/mol. The van der Waals surface area contributed by atoms with Gasteiger partial charge >= 0.3 is 0 Å². The minimum atomic E-state index is 0.526. The van der Waals surface area contributed by atoms with Gasteiger partial charge in [0.05, 0.1) is 5.69 Å². The summed E-state index contributed by atoms with van der Waals surface area (Å²) in [7, 11) is 0. The molecule has 5 rings (SSSR count). The van der Waals surface area contributed by atoms with Crippen molar-refractivity contribution in [2.24, 2.45) is 5.92 Å². The van der Waals surface area contributed by atoms with Crippen molar-refractivity contribution in [3.05, 3.63) is 30.0 Å². The van der Waals surface area contributed by atoms with Crippen LogP contribution in [-0.4, -0.2) is 40.8 Å². The number of piperidine rings is 3. The van der Waals surface area contributed by atoms with E-state index in [-0.39, 0.29) is 0 Å². The molecule has 104 valence electrons. The molecule has 20 heavy (non-hydrogen) atoms. The van der Waals surface area contributed by atoms with Crippen LogP contribution in [0.25, 0.3) is 10.8 Å². The van der Waals surface area contributed by atoms with E-state index >= 15 is 0 Å². The number of fused-ring (bicyclic) bond motifs is 4. The molecule has 1 aromatic heterocycles. The summed E-state index contributed by atoms with van der Waals surface area (Å²) in [4.78, 5) is 2.56. The smallest absolute Gasteiger partial charge is 0.156 e. The number of aromatic nitrogens is 2. The van der Waals surface area contributed by atoms with Gasteiger partial charge in [-0.3, -0.25) is 0 Å². The van der Waals surface area contributed by atoms with Gasteiger partial charge in [0.15, 0.2) is 5.82 Å². The lowest BCUT2D eigenvalue weighted by molar-refractivity contribution is 0.0974. The first-order valence-corrected chi connectivity index (χ1v) is 7.52. The fourth-order valence-electron chi connectivity index (χ4n) is 3.65. The van der Waals surface area contributed by atoms with E-state index in [1.807, 2.05) is 6.92 Å². The number of benzene rings is 1. The van der Waals surface area contributed by atoms with Gasteiger partial charge in [0.25, 0.3) is 0 Å². The fourth-order valence-corrected chi connectivity index (χ4v) is 3.65. The van der Waals surface area contributed by atoms with Crippen molar-refractivity contribution in [3.63, 3.8) is 0 Å². The predicted octanol–water partition coefficient (Wildman–Crippen LogP) is 2.44. The lowest BCUT2D eigenvalue weighted by atomic mass is 9.84. The Morgan fingerprint density at radius 3 is 2.55 bits per heavy atom. The number of hydrogen-bond acceptors (Lipinski definition) is 4. The number of aryl methyl sites for hydroxylation is 1. The van der Waals surface area contributed by atoms with Crippen LogP contribution in [-0.2, 0) is 0 Å². The second-order valence-corrected chi connectivity index (χ2v) is 6.07. The fraction of sp³-hybridized carbons (Fsp3) is 0.500. The molecule has 2 aromatic rings. The zero-order chi connectivity index (χ0) is 13.5. The van der Waals surface area contributed by atoms with Crippen LogP contribution in [0.3, 0.4) is 0 Å². The van der Waals surface area contributed by atoms with Crippen molar-refractivity contribution in [3.8, 4) is 0 Å². The molecule has 3 fully saturated rings. The Balaban J connectivity index is 1.68. The first kappa shape index (κ1) is 12.1. The van der Waals surface area contributed by atoms with Gasteiger partial charge in [-0.25, -0.2) is 0 Å². The van der Waals surface area contributed by atoms with E-state index in [2.05, 4.69) is 44.7 Å². The molecule has 4 heterocycles. The van der Waals surface area contributed by atoms with Crippen molar-refractivity contribution in [1.29, 1.82) is 0 Å². The van der Waals surface area contributed by atoms with Crippen LogP contribution in [0.5, 0.6) is 0 Å². The first-order chi connectivity index (χ1) is 9.81. The number of anilines is 1. The third-order valence-electron chi connectivity index (χ3n) is 4.85. The summed E-state index contributed by atoms with van der Waals surface area (Å²) < 4.78 is 0. The highest BCUT2D eigenvalue weighted by Crippen LogP contribution is 2.31. The highest BCUT2D eigenvalue weighted by atomic mass is 15.2. The second kappa shape index (κ2) is 4.70. The summed E-state index contributed by atoms with van der Waals surface area (Å²) in [5.41, 5.74) is 1.00. The van der Waals surface area contributed by atoms with E-state index in [1.54, 1.807) is 0 Å².